The van der Waals surface area contributed by atoms with Gasteiger partial charge in [-0.1, -0.05) is 29.8 Å². The highest BCUT2D eigenvalue weighted by atomic mass is 32.2. The average Bonchev–Trinajstić information content (AvgIpc) is 2.53. The molecule has 0 fully saturated rings. The maximum Gasteiger partial charge on any atom is 0.422 e. The molecule has 1 atom stereocenters. The normalized spacial score (nSPS) is 14.6. The number of hydrogen-bond donors (Lipinski definition) is 0. The molecule has 0 radical (unpaired) electrons. The van der Waals surface area contributed by atoms with E-state index < -0.39 is 27.5 Å². The Labute approximate surface area is 143 Å². The van der Waals surface area contributed by atoms with E-state index in [0.717, 1.165) is 17.7 Å². The van der Waals surface area contributed by atoms with E-state index in [2.05, 4.69) is 4.18 Å². The molecule has 8 heteroatoms. The van der Waals surface area contributed by atoms with E-state index in [4.69, 9.17) is 5.26 Å². The van der Waals surface area contributed by atoms with Crippen molar-refractivity contribution in [3.8, 4) is 6.07 Å². The minimum Gasteiger partial charge on any atom is -0.245 e. The lowest BCUT2D eigenvalue weighted by atomic mass is 9.94. The third-order valence-corrected chi connectivity index (χ3v) is 5.07. The SMILES string of the molecule is Cc1ccc(S(=O)(=O)OC(C)(c2cccc(C#N)c2)C(F)(F)F)cc1. The number of alkyl halides is 3. The van der Waals surface area contributed by atoms with Gasteiger partial charge < -0.3 is 0 Å². The Balaban J connectivity index is 2.55. The van der Waals surface area contributed by atoms with Gasteiger partial charge in [-0.25, -0.2) is 4.18 Å². The maximum absolute atomic E-state index is 13.7. The van der Waals surface area contributed by atoms with Crippen LogP contribution in [0.2, 0.25) is 0 Å². The van der Waals surface area contributed by atoms with Gasteiger partial charge in [0, 0.05) is 0 Å². The van der Waals surface area contributed by atoms with Crippen LogP contribution in [0.1, 0.15) is 23.6 Å². The molecule has 0 aliphatic heterocycles. The zero-order valence-corrected chi connectivity index (χ0v) is 14.1. The predicted molar refractivity (Wildman–Crippen MR) is 84.0 cm³/mol. The van der Waals surface area contributed by atoms with Crippen LogP contribution < -0.4 is 0 Å². The average molecular weight is 369 g/mol. The van der Waals surface area contributed by atoms with Crippen molar-refractivity contribution in [1.29, 1.82) is 5.26 Å². The van der Waals surface area contributed by atoms with Gasteiger partial charge in [0.25, 0.3) is 10.1 Å². The van der Waals surface area contributed by atoms with Crippen LogP contribution in [0.3, 0.4) is 0 Å². The van der Waals surface area contributed by atoms with Gasteiger partial charge in [0.15, 0.2) is 0 Å². The van der Waals surface area contributed by atoms with Crippen molar-refractivity contribution < 1.29 is 25.8 Å². The third kappa shape index (κ3) is 3.83. The number of halogens is 3. The summed E-state index contributed by atoms with van der Waals surface area (Å²) >= 11 is 0. The van der Waals surface area contributed by atoms with Crippen LogP contribution in [0.5, 0.6) is 0 Å². The summed E-state index contributed by atoms with van der Waals surface area (Å²) in [6.45, 7) is 2.33. The first-order valence-corrected chi connectivity index (χ1v) is 8.50. The first kappa shape index (κ1) is 19.0. The number of rotatable bonds is 4. The summed E-state index contributed by atoms with van der Waals surface area (Å²) in [5, 5.41) is 8.88. The van der Waals surface area contributed by atoms with Crippen molar-refractivity contribution >= 4 is 10.1 Å². The van der Waals surface area contributed by atoms with E-state index in [1.54, 1.807) is 13.0 Å². The molecule has 2 aromatic rings. The van der Waals surface area contributed by atoms with Crippen molar-refractivity contribution in [1.82, 2.24) is 0 Å². The Morgan fingerprint density at radius 3 is 2.20 bits per heavy atom. The van der Waals surface area contributed by atoms with Crippen molar-refractivity contribution in [2.24, 2.45) is 0 Å². The van der Waals surface area contributed by atoms with Crippen LogP contribution >= 0.6 is 0 Å². The van der Waals surface area contributed by atoms with Gasteiger partial charge in [0.2, 0.25) is 5.60 Å². The second-order valence-electron chi connectivity index (χ2n) is 5.57. The molecule has 1 unspecified atom stereocenters. The minimum absolute atomic E-state index is 0.0377. The van der Waals surface area contributed by atoms with Gasteiger partial charge in [-0.05, 0) is 43.7 Å². The highest BCUT2D eigenvalue weighted by Gasteiger charge is 2.56. The summed E-state index contributed by atoms with van der Waals surface area (Å²) in [6, 6.07) is 11.6. The molecule has 4 nitrogen and oxygen atoms in total. The van der Waals surface area contributed by atoms with Crippen LogP contribution in [0.15, 0.2) is 53.4 Å². The monoisotopic (exact) mass is 369 g/mol. The molecule has 0 spiro atoms. The summed E-state index contributed by atoms with van der Waals surface area (Å²) in [5.41, 5.74) is -2.90. The van der Waals surface area contributed by atoms with E-state index >= 15 is 0 Å². The van der Waals surface area contributed by atoms with Crippen molar-refractivity contribution in [2.75, 3.05) is 0 Å². The fraction of sp³-hybridized carbons (Fsp3) is 0.235. The lowest BCUT2D eigenvalue weighted by Gasteiger charge is -2.31. The van der Waals surface area contributed by atoms with Crippen LogP contribution in [0.4, 0.5) is 13.2 Å². The van der Waals surface area contributed by atoms with Gasteiger partial charge in [-0.2, -0.15) is 26.9 Å². The molecule has 0 heterocycles. The van der Waals surface area contributed by atoms with E-state index in [0.29, 0.717) is 6.92 Å². The number of nitrogens with zero attached hydrogens (tertiary/aromatic N) is 1. The Bertz CT molecular complexity index is 915. The standard InChI is InChI=1S/C17H14F3NO3S/c1-12-6-8-15(9-7-12)25(22,23)24-16(2,17(18,19)20)14-5-3-4-13(10-14)11-21/h3-10H,1-2H3. The first-order chi connectivity index (χ1) is 11.5. The smallest absolute Gasteiger partial charge is 0.245 e. The van der Waals surface area contributed by atoms with Gasteiger partial charge in [-0.15, -0.1) is 0 Å². The summed E-state index contributed by atoms with van der Waals surface area (Å²) in [6.07, 6.45) is -5.03. The van der Waals surface area contributed by atoms with Gasteiger partial charge >= 0.3 is 6.18 Å². The molecule has 0 aliphatic rings. The fourth-order valence-electron chi connectivity index (χ4n) is 2.12. The van der Waals surface area contributed by atoms with Crippen molar-refractivity contribution in [3.63, 3.8) is 0 Å². The molecule has 0 amide bonds. The highest BCUT2D eigenvalue weighted by Crippen LogP contribution is 2.44. The Hall–Kier alpha value is -2.37. The highest BCUT2D eigenvalue weighted by molar-refractivity contribution is 7.86. The van der Waals surface area contributed by atoms with E-state index in [9.17, 15) is 21.6 Å². The van der Waals surface area contributed by atoms with Crippen LogP contribution in [0.25, 0.3) is 0 Å². The lowest BCUT2D eigenvalue weighted by molar-refractivity contribution is -0.246. The number of nitriles is 1. The Morgan fingerprint density at radius 1 is 1.08 bits per heavy atom. The summed E-state index contributed by atoms with van der Waals surface area (Å²) in [4.78, 5) is -0.384. The Kier molecular flexibility index (Phi) is 4.93. The number of aryl methyl sites for hydroxylation is 1. The molecule has 132 valence electrons. The molecule has 25 heavy (non-hydrogen) atoms. The zero-order chi connectivity index (χ0) is 18.9. The predicted octanol–water partition coefficient (Wildman–Crippen LogP) is 4.05. The second kappa shape index (κ2) is 6.50. The van der Waals surface area contributed by atoms with Gasteiger partial charge in [0.05, 0.1) is 16.5 Å². The van der Waals surface area contributed by atoms with E-state index in [-0.39, 0.29) is 10.5 Å². The van der Waals surface area contributed by atoms with Crippen molar-refractivity contribution in [3.05, 3.63) is 65.2 Å². The largest absolute Gasteiger partial charge is 0.422 e. The zero-order valence-electron chi connectivity index (χ0n) is 13.3. The molecule has 0 N–H and O–H groups in total. The minimum atomic E-state index is -5.03. The topological polar surface area (TPSA) is 67.2 Å². The first-order valence-electron chi connectivity index (χ1n) is 7.09. The van der Waals surface area contributed by atoms with Crippen molar-refractivity contribution in [2.45, 2.75) is 30.5 Å². The third-order valence-electron chi connectivity index (χ3n) is 3.67. The maximum atomic E-state index is 13.7. The molecular weight excluding hydrogens is 355 g/mol. The molecule has 2 aromatic carbocycles. The molecule has 0 bridgehead atoms. The van der Waals surface area contributed by atoms with Gasteiger partial charge in [-0.3, -0.25) is 0 Å². The second-order valence-corrected chi connectivity index (χ2v) is 7.12. The molecule has 0 saturated carbocycles. The van der Waals surface area contributed by atoms with Crippen LogP contribution in [-0.2, 0) is 19.9 Å². The van der Waals surface area contributed by atoms with E-state index in [1.165, 1.54) is 36.4 Å². The quantitative estimate of drug-likeness (QED) is 0.763. The van der Waals surface area contributed by atoms with Gasteiger partial charge in [0.1, 0.15) is 0 Å². The number of hydrogen-bond acceptors (Lipinski definition) is 4. The Morgan fingerprint density at radius 2 is 1.68 bits per heavy atom. The molecule has 0 saturated heterocycles. The fourth-order valence-corrected chi connectivity index (χ4v) is 3.31. The molecular formula is C17H14F3NO3S. The lowest BCUT2D eigenvalue weighted by Crippen LogP contribution is -2.43. The molecule has 0 aromatic heterocycles. The molecule has 2 rings (SSSR count). The summed E-state index contributed by atoms with van der Waals surface area (Å²) < 4.78 is 70.3. The van der Waals surface area contributed by atoms with Crippen LogP contribution in [0, 0.1) is 18.3 Å². The van der Waals surface area contributed by atoms with E-state index in [1.807, 2.05) is 0 Å². The summed E-state index contributed by atoms with van der Waals surface area (Å²) in [7, 11) is -4.69. The number of benzene rings is 2. The summed E-state index contributed by atoms with van der Waals surface area (Å²) in [5.74, 6) is 0. The molecule has 0 aliphatic carbocycles. The van der Waals surface area contributed by atoms with Crippen LogP contribution in [-0.4, -0.2) is 14.6 Å².